The Labute approximate surface area is 96.6 Å². The number of carbonyl (C=O) groups is 1. The molecule has 0 saturated carbocycles. The van der Waals surface area contributed by atoms with Crippen LogP contribution < -0.4 is 0 Å². The predicted molar refractivity (Wildman–Crippen MR) is 58.9 cm³/mol. The molecule has 17 heavy (non-hydrogen) atoms. The van der Waals surface area contributed by atoms with Gasteiger partial charge in [0, 0.05) is 24.0 Å². The molecule has 0 saturated heterocycles. The van der Waals surface area contributed by atoms with Crippen LogP contribution in [0.15, 0.2) is 28.8 Å². The molecule has 0 aliphatic heterocycles. The van der Waals surface area contributed by atoms with E-state index in [2.05, 4.69) is 15.2 Å². The average Bonchev–Trinajstić information content (AvgIpc) is 2.75. The minimum atomic E-state index is -1.07. The van der Waals surface area contributed by atoms with Gasteiger partial charge in [-0.2, -0.15) is 0 Å². The molecule has 2 aromatic heterocycles. The number of aromatic nitrogens is 3. The number of aliphatic carboxylic acids is 1. The maximum atomic E-state index is 10.3. The highest BCUT2D eigenvalue weighted by atomic mass is 16.4. The summed E-state index contributed by atoms with van der Waals surface area (Å²) in [5, 5.41) is 16.0. The third-order valence-corrected chi connectivity index (χ3v) is 2.05. The molecule has 0 atom stereocenters. The van der Waals surface area contributed by atoms with Gasteiger partial charge < -0.3 is 9.52 Å². The second-order valence-electron chi connectivity index (χ2n) is 3.25. The smallest absolute Gasteiger partial charge is 0.328 e. The van der Waals surface area contributed by atoms with Crippen LogP contribution in [0.4, 0.5) is 0 Å². The van der Waals surface area contributed by atoms with Crippen molar-refractivity contribution in [1.29, 1.82) is 0 Å². The van der Waals surface area contributed by atoms with Gasteiger partial charge in [0.2, 0.25) is 11.8 Å². The largest absolute Gasteiger partial charge is 0.478 e. The number of carboxylic acids is 1. The molecule has 6 heteroatoms. The third-order valence-electron chi connectivity index (χ3n) is 2.05. The van der Waals surface area contributed by atoms with Crippen LogP contribution in [0, 0.1) is 6.92 Å². The van der Waals surface area contributed by atoms with Crippen molar-refractivity contribution in [3.05, 3.63) is 36.0 Å². The maximum absolute atomic E-state index is 10.3. The Bertz CT molecular complexity index is 575. The van der Waals surface area contributed by atoms with Crippen molar-refractivity contribution < 1.29 is 14.3 Å². The predicted octanol–water partition coefficient (Wildman–Crippen LogP) is 1.54. The van der Waals surface area contributed by atoms with Crippen LogP contribution in [-0.4, -0.2) is 26.3 Å². The highest BCUT2D eigenvalue weighted by Gasteiger charge is 2.09. The van der Waals surface area contributed by atoms with E-state index in [1.165, 1.54) is 6.08 Å². The van der Waals surface area contributed by atoms with Gasteiger partial charge in [-0.25, -0.2) is 4.79 Å². The van der Waals surface area contributed by atoms with Crippen molar-refractivity contribution in [2.75, 3.05) is 0 Å². The lowest BCUT2D eigenvalue weighted by molar-refractivity contribution is -0.131. The van der Waals surface area contributed by atoms with Gasteiger partial charge in [0.25, 0.3) is 0 Å². The van der Waals surface area contributed by atoms with Gasteiger partial charge in [-0.05, 0) is 19.1 Å². The summed E-state index contributed by atoms with van der Waals surface area (Å²) in [4.78, 5) is 14.4. The van der Waals surface area contributed by atoms with Gasteiger partial charge in [0.1, 0.15) is 0 Å². The van der Waals surface area contributed by atoms with E-state index in [1.807, 2.05) is 6.92 Å². The second-order valence-corrected chi connectivity index (χ2v) is 3.25. The van der Waals surface area contributed by atoms with E-state index in [1.54, 1.807) is 18.3 Å². The fourth-order valence-electron chi connectivity index (χ4n) is 1.26. The molecular weight excluding hydrogens is 222 g/mol. The summed E-state index contributed by atoms with van der Waals surface area (Å²) < 4.78 is 5.29. The number of aryl methyl sites for hydroxylation is 1. The fraction of sp³-hybridized carbons (Fsp3) is 0.0909. The van der Waals surface area contributed by atoms with Gasteiger partial charge >= 0.3 is 5.97 Å². The Kier molecular flexibility index (Phi) is 2.95. The molecule has 0 radical (unpaired) electrons. The Balaban J connectivity index is 2.30. The zero-order chi connectivity index (χ0) is 12.3. The summed E-state index contributed by atoms with van der Waals surface area (Å²) in [7, 11) is 0. The molecule has 0 bridgehead atoms. The topological polar surface area (TPSA) is 89.1 Å². The average molecular weight is 231 g/mol. The molecule has 0 unspecified atom stereocenters. The van der Waals surface area contributed by atoms with E-state index < -0.39 is 5.97 Å². The minimum Gasteiger partial charge on any atom is -0.478 e. The first-order valence-electron chi connectivity index (χ1n) is 4.83. The van der Waals surface area contributed by atoms with Gasteiger partial charge in [-0.3, -0.25) is 4.98 Å². The molecule has 0 spiro atoms. The molecular formula is C11H9N3O3. The maximum Gasteiger partial charge on any atom is 0.328 e. The van der Waals surface area contributed by atoms with Crippen molar-refractivity contribution >= 4 is 12.0 Å². The molecule has 6 nitrogen and oxygen atoms in total. The van der Waals surface area contributed by atoms with Gasteiger partial charge in [-0.15, -0.1) is 10.2 Å². The Morgan fingerprint density at radius 3 is 3.00 bits per heavy atom. The summed E-state index contributed by atoms with van der Waals surface area (Å²) in [5.74, 6) is -0.603. The zero-order valence-corrected chi connectivity index (χ0v) is 8.99. The molecule has 2 aromatic rings. The SMILES string of the molecule is Cc1ncccc1-c1nnc(/C=C/C(=O)O)o1. The minimum absolute atomic E-state index is 0.144. The third kappa shape index (κ3) is 2.54. The van der Waals surface area contributed by atoms with Crippen LogP contribution in [0.25, 0.3) is 17.5 Å². The second kappa shape index (κ2) is 4.56. The van der Waals surface area contributed by atoms with Crippen LogP contribution in [0.2, 0.25) is 0 Å². The zero-order valence-electron chi connectivity index (χ0n) is 8.99. The Morgan fingerprint density at radius 2 is 2.29 bits per heavy atom. The van der Waals surface area contributed by atoms with Crippen LogP contribution >= 0.6 is 0 Å². The van der Waals surface area contributed by atoms with Crippen molar-refractivity contribution in [3.63, 3.8) is 0 Å². The number of pyridine rings is 1. The molecule has 0 fully saturated rings. The molecule has 0 aliphatic rings. The highest BCUT2D eigenvalue weighted by Crippen LogP contribution is 2.20. The Morgan fingerprint density at radius 1 is 1.47 bits per heavy atom. The van der Waals surface area contributed by atoms with E-state index in [0.717, 1.165) is 17.3 Å². The molecule has 0 amide bonds. The lowest BCUT2D eigenvalue weighted by Crippen LogP contribution is -1.86. The number of hydrogen-bond acceptors (Lipinski definition) is 5. The summed E-state index contributed by atoms with van der Waals surface area (Å²) in [6.45, 7) is 1.83. The number of hydrogen-bond donors (Lipinski definition) is 1. The molecule has 1 N–H and O–H groups in total. The van der Waals surface area contributed by atoms with E-state index >= 15 is 0 Å². The normalized spacial score (nSPS) is 10.9. The summed E-state index contributed by atoms with van der Waals surface area (Å²) >= 11 is 0. The van der Waals surface area contributed by atoms with Gasteiger partial charge in [0.05, 0.1) is 5.56 Å². The molecule has 2 rings (SSSR count). The van der Waals surface area contributed by atoms with Crippen LogP contribution in [0.3, 0.4) is 0 Å². The summed E-state index contributed by atoms with van der Waals surface area (Å²) in [5.41, 5.74) is 1.50. The van der Waals surface area contributed by atoms with Crippen molar-refractivity contribution in [3.8, 4) is 11.5 Å². The van der Waals surface area contributed by atoms with E-state index in [-0.39, 0.29) is 5.89 Å². The van der Waals surface area contributed by atoms with Crippen LogP contribution in [0.5, 0.6) is 0 Å². The molecule has 86 valence electrons. The lowest BCUT2D eigenvalue weighted by atomic mass is 10.2. The quantitative estimate of drug-likeness (QED) is 0.806. The van der Waals surface area contributed by atoms with Gasteiger partial charge in [0.15, 0.2) is 0 Å². The van der Waals surface area contributed by atoms with Gasteiger partial charge in [-0.1, -0.05) is 0 Å². The first-order valence-corrected chi connectivity index (χ1v) is 4.83. The summed E-state index contributed by atoms with van der Waals surface area (Å²) in [6, 6.07) is 3.57. The van der Waals surface area contributed by atoms with E-state index in [4.69, 9.17) is 9.52 Å². The number of carboxylic acid groups (broad SMARTS) is 1. The van der Waals surface area contributed by atoms with Crippen LogP contribution in [-0.2, 0) is 4.79 Å². The first kappa shape index (κ1) is 11.0. The van der Waals surface area contributed by atoms with Crippen molar-refractivity contribution in [2.24, 2.45) is 0 Å². The standard InChI is InChI=1S/C11H9N3O3/c1-7-8(3-2-6-12-7)11-14-13-9(17-11)4-5-10(15)16/h2-6H,1H3,(H,15,16)/b5-4+. The molecule has 2 heterocycles. The summed E-state index contributed by atoms with van der Waals surface area (Å²) in [6.07, 6.45) is 3.85. The first-order chi connectivity index (χ1) is 8.16. The van der Waals surface area contributed by atoms with Crippen molar-refractivity contribution in [2.45, 2.75) is 6.92 Å². The van der Waals surface area contributed by atoms with Crippen molar-refractivity contribution in [1.82, 2.24) is 15.2 Å². The lowest BCUT2D eigenvalue weighted by Gasteiger charge is -1.96. The van der Waals surface area contributed by atoms with E-state index in [0.29, 0.717) is 5.89 Å². The number of nitrogens with zero attached hydrogens (tertiary/aromatic N) is 3. The highest BCUT2D eigenvalue weighted by molar-refractivity contribution is 5.84. The Hall–Kier alpha value is -2.50. The molecule has 0 aliphatic carbocycles. The number of rotatable bonds is 3. The van der Waals surface area contributed by atoms with E-state index in [9.17, 15) is 4.79 Å². The van der Waals surface area contributed by atoms with Crippen LogP contribution in [0.1, 0.15) is 11.6 Å². The fourth-order valence-corrected chi connectivity index (χ4v) is 1.26. The monoisotopic (exact) mass is 231 g/mol. The molecule has 0 aromatic carbocycles.